The van der Waals surface area contributed by atoms with Gasteiger partial charge >= 0.3 is 6.18 Å². The van der Waals surface area contributed by atoms with Crippen molar-refractivity contribution in [1.82, 2.24) is 0 Å². The van der Waals surface area contributed by atoms with Gasteiger partial charge in [0.05, 0.1) is 24.0 Å². The number of halogens is 3. The van der Waals surface area contributed by atoms with E-state index >= 15 is 0 Å². The molecule has 0 fully saturated rings. The van der Waals surface area contributed by atoms with Gasteiger partial charge in [0.2, 0.25) is 0 Å². The van der Waals surface area contributed by atoms with Gasteiger partial charge in [-0.15, -0.1) is 0 Å². The van der Waals surface area contributed by atoms with Gasteiger partial charge in [-0.3, -0.25) is 4.99 Å². The molecule has 2 aromatic rings. The van der Waals surface area contributed by atoms with Crippen molar-refractivity contribution in [2.24, 2.45) is 4.99 Å². The van der Waals surface area contributed by atoms with Crippen LogP contribution >= 0.6 is 0 Å². The molecule has 2 rings (SSSR count). The average molecular weight is 338 g/mol. The van der Waals surface area contributed by atoms with Crippen LogP contribution in [-0.4, -0.2) is 32.5 Å². The van der Waals surface area contributed by atoms with E-state index in [4.69, 9.17) is 4.74 Å². The number of ether oxygens (including phenoxy) is 1. The number of phenols is 1. The van der Waals surface area contributed by atoms with E-state index in [2.05, 4.69) is 4.99 Å². The summed E-state index contributed by atoms with van der Waals surface area (Å²) < 4.78 is 43.8. The minimum atomic E-state index is -4.45. The van der Waals surface area contributed by atoms with Crippen molar-refractivity contribution in [3.63, 3.8) is 0 Å². The summed E-state index contributed by atoms with van der Waals surface area (Å²) in [5.41, 5.74) is 0.241. The summed E-state index contributed by atoms with van der Waals surface area (Å²) in [5.74, 6) is 0.462. The van der Waals surface area contributed by atoms with Gasteiger partial charge in [0.15, 0.2) is 0 Å². The van der Waals surface area contributed by atoms with Crippen LogP contribution in [0.15, 0.2) is 41.4 Å². The smallest absolute Gasteiger partial charge is 0.416 e. The van der Waals surface area contributed by atoms with E-state index in [9.17, 15) is 18.3 Å². The third-order valence-corrected chi connectivity index (χ3v) is 3.36. The summed E-state index contributed by atoms with van der Waals surface area (Å²) in [6, 6.07) is 7.89. The molecule has 0 atom stereocenters. The van der Waals surface area contributed by atoms with E-state index in [1.165, 1.54) is 25.5 Å². The summed E-state index contributed by atoms with van der Waals surface area (Å²) in [6.07, 6.45) is -3.15. The SMILES string of the molecule is COc1ccc(O)c(C=Nc2cc(C(F)(F)F)ccc2N(C)C)c1. The quantitative estimate of drug-likeness (QED) is 0.848. The van der Waals surface area contributed by atoms with Crippen LogP contribution in [0, 0.1) is 0 Å². The van der Waals surface area contributed by atoms with Gasteiger partial charge in [0, 0.05) is 25.9 Å². The molecule has 0 aromatic heterocycles. The molecular formula is C17H17F3N2O2. The first-order chi connectivity index (χ1) is 11.2. The summed E-state index contributed by atoms with van der Waals surface area (Å²) in [5, 5.41) is 9.83. The number of aliphatic imine (C=N–C) groups is 1. The first-order valence-electron chi connectivity index (χ1n) is 7.02. The molecular weight excluding hydrogens is 321 g/mol. The number of benzene rings is 2. The summed E-state index contributed by atoms with van der Waals surface area (Å²) in [7, 11) is 4.90. The van der Waals surface area contributed by atoms with E-state index in [0.717, 1.165) is 12.1 Å². The average Bonchev–Trinajstić information content (AvgIpc) is 2.52. The van der Waals surface area contributed by atoms with Crippen molar-refractivity contribution < 1.29 is 23.0 Å². The molecule has 0 aliphatic rings. The Bertz CT molecular complexity index is 756. The molecule has 128 valence electrons. The minimum Gasteiger partial charge on any atom is -0.507 e. The van der Waals surface area contributed by atoms with Crippen molar-refractivity contribution in [2.45, 2.75) is 6.18 Å². The lowest BCUT2D eigenvalue weighted by Gasteiger charge is -2.17. The number of rotatable bonds is 4. The molecule has 7 heteroatoms. The molecule has 24 heavy (non-hydrogen) atoms. The highest BCUT2D eigenvalue weighted by Crippen LogP contribution is 2.36. The predicted molar refractivity (Wildman–Crippen MR) is 87.7 cm³/mol. The second-order valence-corrected chi connectivity index (χ2v) is 5.28. The highest BCUT2D eigenvalue weighted by molar-refractivity contribution is 5.87. The fraction of sp³-hybridized carbons (Fsp3) is 0.235. The van der Waals surface area contributed by atoms with Gasteiger partial charge < -0.3 is 14.7 Å². The monoisotopic (exact) mass is 338 g/mol. The Balaban J connectivity index is 2.47. The Kier molecular flexibility index (Phi) is 5.02. The van der Waals surface area contributed by atoms with E-state index in [1.54, 1.807) is 31.1 Å². The Morgan fingerprint density at radius 2 is 1.83 bits per heavy atom. The van der Waals surface area contributed by atoms with Gasteiger partial charge in [-0.1, -0.05) is 0 Å². The van der Waals surface area contributed by atoms with Crippen LogP contribution in [0.1, 0.15) is 11.1 Å². The molecule has 2 aromatic carbocycles. The molecule has 0 amide bonds. The van der Waals surface area contributed by atoms with Crippen LogP contribution < -0.4 is 9.64 Å². The highest BCUT2D eigenvalue weighted by atomic mass is 19.4. The molecule has 1 N–H and O–H groups in total. The maximum absolute atomic E-state index is 12.9. The second kappa shape index (κ2) is 6.82. The largest absolute Gasteiger partial charge is 0.507 e. The van der Waals surface area contributed by atoms with Crippen LogP contribution in [0.4, 0.5) is 24.5 Å². The number of alkyl halides is 3. The molecule has 4 nitrogen and oxygen atoms in total. The van der Waals surface area contributed by atoms with Crippen LogP contribution in [0.5, 0.6) is 11.5 Å². The summed E-state index contributed by atoms with van der Waals surface area (Å²) in [4.78, 5) is 5.79. The van der Waals surface area contributed by atoms with Crippen LogP contribution in [-0.2, 0) is 6.18 Å². The minimum absolute atomic E-state index is 0.0436. The topological polar surface area (TPSA) is 45.1 Å². The first-order valence-corrected chi connectivity index (χ1v) is 7.02. The van der Waals surface area contributed by atoms with Gasteiger partial charge in [-0.2, -0.15) is 13.2 Å². The van der Waals surface area contributed by atoms with E-state index in [0.29, 0.717) is 17.0 Å². The maximum Gasteiger partial charge on any atom is 0.416 e. The molecule has 0 heterocycles. The number of nitrogens with zero attached hydrogens (tertiary/aromatic N) is 2. The zero-order valence-electron chi connectivity index (χ0n) is 13.4. The first kappa shape index (κ1) is 17.7. The molecule has 0 aliphatic heterocycles. The summed E-state index contributed by atoms with van der Waals surface area (Å²) >= 11 is 0. The Hall–Kier alpha value is -2.70. The van der Waals surface area contributed by atoms with Crippen molar-refractivity contribution in [3.8, 4) is 11.5 Å². The number of anilines is 1. The fourth-order valence-corrected chi connectivity index (χ4v) is 2.08. The highest BCUT2D eigenvalue weighted by Gasteiger charge is 2.31. The van der Waals surface area contributed by atoms with Gasteiger partial charge in [0.25, 0.3) is 0 Å². The number of phenolic OH excluding ortho intramolecular Hbond substituents is 1. The number of aromatic hydroxyl groups is 1. The fourth-order valence-electron chi connectivity index (χ4n) is 2.08. The normalized spacial score (nSPS) is 11.8. The lowest BCUT2D eigenvalue weighted by molar-refractivity contribution is -0.137. The zero-order chi connectivity index (χ0) is 17.9. The van der Waals surface area contributed by atoms with Crippen molar-refractivity contribution in [3.05, 3.63) is 47.5 Å². The molecule has 0 spiro atoms. The zero-order valence-corrected chi connectivity index (χ0v) is 13.4. The summed E-state index contributed by atoms with van der Waals surface area (Å²) in [6.45, 7) is 0. The molecule has 0 saturated carbocycles. The second-order valence-electron chi connectivity index (χ2n) is 5.28. The van der Waals surface area contributed by atoms with Gasteiger partial charge in [-0.05, 0) is 36.4 Å². The molecule has 0 unspecified atom stereocenters. The van der Waals surface area contributed by atoms with Crippen LogP contribution in [0.25, 0.3) is 0 Å². The number of methoxy groups -OCH3 is 1. The Labute approximate surface area is 137 Å². The van der Waals surface area contributed by atoms with E-state index in [1.807, 2.05) is 0 Å². The van der Waals surface area contributed by atoms with Crippen LogP contribution in [0.3, 0.4) is 0 Å². The number of hydrogen-bond donors (Lipinski definition) is 1. The third-order valence-electron chi connectivity index (χ3n) is 3.36. The van der Waals surface area contributed by atoms with E-state index in [-0.39, 0.29) is 11.4 Å². The Morgan fingerprint density at radius 1 is 1.12 bits per heavy atom. The standard InChI is InChI=1S/C17H17F3N2O2/c1-22(2)15-6-4-12(17(18,19)20)9-14(15)21-10-11-8-13(24-3)5-7-16(11)23/h4-10,23H,1-3H3. The van der Waals surface area contributed by atoms with Crippen molar-refractivity contribution in [1.29, 1.82) is 0 Å². The van der Waals surface area contributed by atoms with Crippen molar-refractivity contribution >= 4 is 17.6 Å². The van der Waals surface area contributed by atoms with Crippen molar-refractivity contribution in [2.75, 3.05) is 26.1 Å². The molecule has 0 radical (unpaired) electrons. The maximum atomic E-state index is 12.9. The molecule has 0 bridgehead atoms. The Morgan fingerprint density at radius 3 is 2.42 bits per heavy atom. The third kappa shape index (κ3) is 3.98. The lowest BCUT2D eigenvalue weighted by Crippen LogP contribution is -2.10. The lowest BCUT2D eigenvalue weighted by atomic mass is 10.1. The van der Waals surface area contributed by atoms with Gasteiger partial charge in [0.1, 0.15) is 11.5 Å². The van der Waals surface area contributed by atoms with Crippen LogP contribution in [0.2, 0.25) is 0 Å². The van der Waals surface area contributed by atoms with Gasteiger partial charge in [-0.25, -0.2) is 0 Å². The predicted octanol–water partition coefficient (Wildman–Crippen LogP) is 4.24. The molecule has 0 aliphatic carbocycles. The van der Waals surface area contributed by atoms with E-state index < -0.39 is 11.7 Å². The molecule has 0 saturated heterocycles. The number of hydrogen-bond acceptors (Lipinski definition) is 4.